The van der Waals surface area contributed by atoms with E-state index in [1.165, 1.54) is 6.07 Å². The van der Waals surface area contributed by atoms with E-state index < -0.39 is 0 Å². The molecule has 0 aliphatic carbocycles. The summed E-state index contributed by atoms with van der Waals surface area (Å²) in [6, 6.07) is 8.30. The van der Waals surface area contributed by atoms with Gasteiger partial charge in [-0.3, -0.25) is 9.59 Å². The van der Waals surface area contributed by atoms with Crippen LogP contribution in [0.4, 0.5) is 0 Å². The first-order valence-electron chi connectivity index (χ1n) is 6.32. The molecule has 0 aliphatic heterocycles. The summed E-state index contributed by atoms with van der Waals surface area (Å²) in [4.78, 5) is 23.5. The Hall–Kier alpha value is -2.34. The number of aryl methyl sites for hydroxylation is 1. The number of amides is 2. The summed E-state index contributed by atoms with van der Waals surface area (Å²) in [5, 5.41) is 9.28. The molecular weight excluding hydrogens is 294 g/mol. The van der Waals surface area contributed by atoms with Crippen molar-refractivity contribution in [2.24, 2.45) is 0 Å². The summed E-state index contributed by atoms with van der Waals surface area (Å²) in [5.74, 6) is -0.0712. The Kier molecular flexibility index (Phi) is 4.94. The molecule has 0 aliphatic rings. The smallest absolute Gasteiger partial charge is 0.273 e. The minimum Gasteiger partial charge on any atom is -0.361 e. The fourth-order valence-electron chi connectivity index (χ4n) is 1.66. The number of carbonyl (C=O) groups excluding carboxylic acids is 2. The van der Waals surface area contributed by atoms with Crippen molar-refractivity contribution >= 4 is 23.4 Å². The zero-order valence-corrected chi connectivity index (χ0v) is 12.1. The summed E-state index contributed by atoms with van der Waals surface area (Å²) in [6.45, 7) is 2.27. The molecule has 1 heterocycles. The van der Waals surface area contributed by atoms with Gasteiger partial charge in [-0.2, -0.15) is 0 Å². The third-order valence-corrected chi connectivity index (χ3v) is 3.00. The Morgan fingerprint density at radius 2 is 1.86 bits per heavy atom. The molecule has 2 aromatic rings. The first kappa shape index (κ1) is 15.1. The minimum absolute atomic E-state index is 0.213. The maximum atomic E-state index is 11.8. The topological polar surface area (TPSA) is 84.2 Å². The zero-order valence-electron chi connectivity index (χ0n) is 11.4. The molecule has 1 aromatic heterocycles. The van der Waals surface area contributed by atoms with Gasteiger partial charge in [-0.1, -0.05) is 28.9 Å². The van der Waals surface area contributed by atoms with Gasteiger partial charge in [-0.05, 0) is 19.1 Å². The quantitative estimate of drug-likeness (QED) is 0.825. The van der Waals surface area contributed by atoms with Gasteiger partial charge in [0.05, 0.1) is 10.6 Å². The number of nitrogens with one attached hydrogen (secondary N) is 2. The van der Waals surface area contributed by atoms with Crippen molar-refractivity contribution in [3.63, 3.8) is 0 Å². The molecule has 0 fully saturated rings. The second-order valence-corrected chi connectivity index (χ2v) is 4.72. The van der Waals surface area contributed by atoms with Crippen LogP contribution >= 0.6 is 11.6 Å². The molecule has 1 aromatic carbocycles. The minimum atomic E-state index is -0.348. The molecule has 2 N–H and O–H groups in total. The van der Waals surface area contributed by atoms with E-state index >= 15 is 0 Å². The van der Waals surface area contributed by atoms with Crippen molar-refractivity contribution in [1.29, 1.82) is 0 Å². The zero-order chi connectivity index (χ0) is 15.2. The summed E-state index contributed by atoms with van der Waals surface area (Å²) in [5.41, 5.74) is 0.613. The molecule has 6 nitrogen and oxygen atoms in total. The highest BCUT2D eigenvalue weighted by Crippen LogP contribution is 2.14. The summed E-state index contributed by atoms with van der Waals surface area (Å²) in [7, 11) is 0. The number of rotatable bonds is 5. The third-order valence-electron chi connectivity index (χ3n) is 2.68. The summed E-state index contributed by atoms with van der Waals surface area (Å²) >= 11 is 5.92. The van der Waals surface area contributed by atoms with Gasteiger partial charge in [-0.25, -0.2) is 0 Å². The molecule has 2 rings (SSSR count). The van der Waals surface area contributed by atoms with Gasteiger partial charge in [-0.15, -0.1) is 0 Å². The van der Waals surface area contributed by atoms with Crippen LogP contribution in [0.5, 0.6) is 0 Å². The van der Waals surface area contributed by atoms with Gasteiger partial charge < -0.3 is 15.2 Å². The van der Waals surface area contributed by atoms with E-state index in [1.54, 1.807) is 31.2 Å². The first-order valence-corrected chi connectivity index (χ1v) is 6.70. The standard InChI is InChI=1S/C14H14ClN3O3/c1-9-8-12(18-21-9)14(20)17-7-6-16-13(19)10-4-2-3-5-11(10)15/h2-5,8H,6-7H2,1H3,(H,16,19)(H,17,20). The van der Waals surface area contributed by atoms with Gasteiger partial charge in [0.25, 0.3) is 11.8 Å². The van der Waals surface area contributed by atoms with Crippen molar-refractivity contribution < 1.29 is 14.1 Å². The Bertz CT molecular complexity index is 654. The molecule has 0 radical (unpaired) electrons. The van der Waals surface area contributed by atoms with Crippen molar-refractivity contribution in [2.45, 2.75) is 6.92 Å². The number of carbonyl (C=O) groups is 2. The molecule has 0 saturated heterocycles. The van der Waals surface area contributed by atoms with Crippen LogP contribution in [-0.2, 0) is 0 Å². The lowest BCUT2D eigenvalue weighted by atomic mass is 10.2. The molecule has 21 heavy (non-hydrogen) atoms. The van der Waals surface area contributed by atoms with E-state index in [-0.39, 0.29) is 30.6 Å². The Morgan fingerprint density at radius 3 is 2.48 bits per heavy atom. The highest BCUT2D eigenvalue weighted by atomic mass is 35.5. The normalized spacial score (nSPS) is 10.2. The van der Waals surface area contributed by atoms with Crippen LogP contribution in [-0.4, -0.2) is 30.1 Å². The molecule has 0 atom stereocenters. The number of hydrogen-bond donors (Lipinski definition) is 2. The van der Waals surface area contributed by atoms with Crippen LogP contribution in [0.25, 0.3) is 0 Å². The lowest BCUT2D eigenvalue weighted by Gasteiger charge is -2.07. The summed E-state index contributed by atoms with van der Waals surface area (Å²) < 4.78 is 4.81. The number of benzene rings is 1. The van der Waals surface area contributed by atoms with Crippen LogP contribution < -0.4 is 10.6 Å². The van der Waals surface area contributed by atoms with Crippen molar-refractivity contribution in [2.75, 3.05) is 13.1 Å². The monoisotopic (exact) mass is 307 g/mol. The van der Waals surface area contributed by atoms with E-state index in [1.807, 2.05) is 0 Å². The van der Waals surface area contributed by atoms with Gasteiger partial charge in [0.1, 0.15) is 5.76 Å². The number of aromatic nitrogens is 1. The van der Waals surface area contributed by atoms with E-state index in [9.17, 15) is 9.59 Å². The highest BCUT2D eigenvalue weighted by Gasteiger charge is 2.11. The van der Waals surface area contributed by atoms with E-state index in [2.05, 4.69) is 15.8 Å². The van der Waals surface area contributed by atoms with E-state index in [0.717, 1.165) is 0 Å². The van der Waals surface area contributed by atoms with Crippen molar-refractivity contribution in [1.82, 2.24) is 15.8 Å². The van der Waals surface area contributed by atoms with Gasteiger partial charge >= 0.3 is 0 Å². The lowest BCUT2D eigenvalue weighted by Crippen LogP contribution is -2.34. The van der Waals surface area contributed by atoms with Crippen LogP contribution in [0, 0.1) is 6.92 Å². The van der Waals surface area contributed by atoms with Crippen LogP contribution in [0.15, 0.2) is 34.9 Å². The number of hydrogen-bond acceptors (Lipinski definition) is 4. The highest BCUT2D eigenvalue weighted by molar-refractivity contribution is 6.33. The van der Waals surface area contributed by atoms with Gasteiger partial charge in [0, 0.05) is 19.2 Å². The average molecular weight is 308 g/mol. The molecule has 7 heteroatoms. The average Bonchev–Trinajstić information content (AvgIpc) is 2.90. The lowest BCUT2D eigenvalue weighted by molar-refractivity contribution is 0.0922. The van der Waals surface area contributed by atoms with Crippen molar-refractivity contribution in [3.8, 4) is 0 Å². The van der Waals surface area contributed by atoms with Gasteiger partial charge in [0.15, 0.2) is 5.69 Å². The van der Waals surface area contributed by atoms with Crippen LogP contribution in [0.2, 0.25) is 5.02 Å². The molecule has 110 valence electrons. The maximum absolute atomic E-state index is 11.8. The maximum Gasteiger partial charge on any atom is 0.273 e. The fourth-order valence-corrected chi connectivity index (χ4v) is 1.88. The fraction of sp³-hybridized carbons (Fsp3) is 0.214. The molecule has 0 bridgehead atoms. The van der Waals surface area contributed by atoms with E-state index in [0.29, 0.717) is 16.3 Å². The molecular formula is C14H14ClN3O3. The summed E-state index contributed by atoms with van der Waals surface area (Å²) in [6.07, 6.45) is 0. The molecule has 0 saturated carbocycles. The Labute approximate surface area is 126 Å². The molecule has 0 spiro atoms. The Balaban J connectivity index is 1.76. The SMILES string of the molecule is Cc1cc(C(=O)NCCNC(=O)c2ccccc2Cl)no1. The second kappa shape index (κ2) is 6.90. The number of nitrogens with zero attached hydrogens (tertiary/aromatic N) is 1. The largest absolute Gasteiger partial charge is 0.361 e. The predicted octanol–water partition coefficient (Wildman–Crippen LogP) is 1.80. The van der Waals surface area contributed by atoms with Crippen LogP contribution in [0.3, 0.4) is 0 Å². The van der Waals surface area contributed by atoms with Crippen molar-refractivity contribution in [3.05, 3.63) is 52.4 Å². The molecule has 0 unspecified atom stereocenters. The number of halogens is 1. The van der Waals surface area contributed by atoms with Crippen LogP contribution in [0.1, 0.15) is 26.6 Å². The first-order chi connectivity index (χ1) is 10.1. The molecule has 2 amide bonds. The van der Waals surface area contributed by atoms with E-state index in [4.69, 9.17) is 16.1 Å². The van der Waals surface area contributed by atoms with Gasteiger partial charge in [0.2, 0.25) is 0 Å². The third kappa shape index (κ3) is 4.06. The second-order valence-electron chi connectivity index (χ2n) is 4.31. The Morgan fingerprint density at radius 1 is 1.19 bits per heavy atom. The predicted molar refractivity (Wildman–Crippen MR) is 77.4 cm³/mol.